The van der Waals surface area contributed by atoms with Crippen molar-refractivity contribution < 1.29 is 14.9 Å². The predicted molar refractivity (Wildman–Crippen MR) is 134 cm³/mol. The fraction of sp³-hybridized carbons (Fsp3) is 1.00. The highest BCUT2D eigenvalue weighted by molar-refractivity contribution is 5.18. The van der Waals surface area contributed by atoms with E-state index in [2.05, 4.69) is 41.5 Å². The highest BCUT2D eigenvalue weighted by Gasteiger charge is 2.70. The van der Waals surface area contributed by atoms with Crippen LogP contribution in [0.25, 0.3) is 0 Å². The number of rotatable bonds is 2. The Bertz CT molecular complexity index is 784. The third-order valence-electron chi connectivity index (χ3n) is 13.3. The molecule has 3 nitrogen and oxygen atoms in total. The lowest BCUT2D eigenvalue weighted by Crippen LogP contribution is -2.64. The molecule has 0 aromatic rings. The van der Waals surface area contributed by atoms with Gasteiger partial charge >= 0.3 is 0 Å². The molecule has 0 bridgehead atoms. The molecule has 2 N–H and O–H groups in total. The third-order valence-corrected chi connectivity index (χ3v) is 13.3. The summed E-state index contributed by atoms with van der Waals surface area (Å²) in [5, 5.41) is 21.5. The van der Waals surface area contributed by atoms with Crippen molar-refractivity contribution in [2.45, 2.75) is 143 Å². The van der Waals surface area contributed by atoms with Gasteiger partial charge in [-0.1, -0.05) is 34.6 Å². The number of hydrogen-bond acceptors (Lipinski definition) is 3. The van der Waals surface area contributed by atoms with E-state index in [4.69, 9.17) is 4.74 Å². The molecule has 5 rings (SSSR count). The van der Waals surface area contributed by atoms with Gasteiger partial charge in [-0.15, -0.1) is 0 Å². The average molecular weight is 461 g/mol. The molecule has 1 aliphatic heterocycles. The zero-order valence-corrected chi connectivity index (χ0v) is 22.8. The largest absolute Gasteiger partial charge is 0.393 e. The van der Waals surface area contributed by atoms with E-state index in [0.29, 0.717) is 28.1 Å². The topological polar surface area (TPSA) is 49.7 Å². The van der Waals surface area contributed by atoms with Crippen LogP contribution in [0.5, 0.6) is 0 Å². The van der Waals surface area contributed by atoms with E-state index in [9.17, 15) is 10.2 Å². The molecule has 1 saturated heterocycles. The second-order valence-electron chi connectivity index (χ2n) is 15.3. The standard InChI is InChI=1S/C30H52O3/c1-25(2)21-12-17-29(7)22(27(21,5)15-13-23(25)31)10-9-19-20(11-16-28(19,29)6)30(8)18-14-24(33-30)26(3,4)32/h19-24,31-32H,9-18H2,1-8H3/t19?,20-,21?,22+,23-,24?,27-,28-,29+,30-/m0/s1. The SMILES string of the molecule is CC(C)(O)C1CC[C@@](C)([C@H]2CC[C@@]3(C)C2CC[C@@H]2[C@@]4(C)CC[C@H](O)C(C)(C)C4CC[C@]23C)O1. The van der Waals surface area contributed by atoms with Crippen LogP contribution in [0.15, 0.2) is 0 Å². The minimum atomic E-state index is -0.755. The molecule has 3 heteroatoms. The number of hydrogen-bond donors (Lipinski definition) is 2. The Hall–Kier alpha value is -0.120. The summed E-state index contributed by atoms with van der Waals surface area (Å²) in [6, 6.07) is 0. The summed E-state index contributed by atoms with van der Waals surface area (Å²) in [5.74, 6) is 2.73. The third kappa shape index (κ3) is 3.16. The number of ether oxygens (including phenoxy) is 1. The Morgan fingerprint density at radius 1 is 0.697 bits per heavy atom. The van der Waals surface area contributed by atoms with Crippen LogP contribution < -0.4 is 0 Å². The number of aliphatic hydroxyl groups is 2. The van der Waals surface area contributed by atoms with Crippen molar-refractivity contribution >= 4 is 0 Å². The first-order valence-electron chi connectivity index (χ1n) is 14.2. The van der Waals surface area contributed by atoms with Crippen LogP contribution in [-0.4, -0.2) is 33.6 Å². The van der Waals surface area contributed by atoms with Gasteiger partial charge in [0, 0.05) is 0 Å². The maximum absolute atomic E-state index is 10.9. The van der Waals surface area contributed by atoms with E-state index in [1.165, 1.54) is 44.9 Å². The molecule has 4 saturated carbocycles. The summed E-state index contributed by atoms with van der Waals surface area (Å²) in [7, 11) is 0. The number of aliphatic hydroxyl groups excluding tert-OH is 1. The Balaban J connectivity index is 1.44. The smallest absolute Gasteiger partial charge is 0.0865 e. The zero-order chi connectivity index (χ0) is 24.2. The first-order chi connectivity index (χ1) is 15.1. The van der Waals surface area contributed by atoms with Crippen molar-refractivity contribution in [3.63, 3.8) is 0 Å². The molecule has 0 aromatic heterocycles. The molecular weight excluding hydrogens is 408 g/mol. The molecule has 0 radical (unpaired) electrons. The lowest BCUT2D eigenvalue weighted by atomic mass is 9.35. The van der Waals surface area contributed by atoms with Gasteiger partial charge in [0.25, 0.3) is 0 Å². The Kier molecular flexibility index (Phi) is 5.38. The molecule has 33 heavy (non-hydrogen) atoms. The van der Waals surface area contributed by atoms with Gasteiger partial charge in [0.05, 0.1) is 23.4 Å². The van der Waals surface area contributed by atoms with E-state index in [-0.39, 0.29) is 23.2 Å². The highest BCUT2D eigenvalue weighted by atomic mass is 16.5. The molecule has 190 valence electrons. The van der Waals surface area contributed by atoms with Gasteiger partial charge in [0.1, 0.15) is 0 Å². The van der Waals surface area contributed by atoms with Gasteiger partial charge in [-0.05, 0) is 130 Å². The van der Waals surface area contributed by atoms with Crippen LogP contribution in [0.2, 0.25) is 0 Å². The van der Waals surface area contributed by atoms with E-state index in [0.717, 1.165) is 31.1 Å². The molecule has 10 atom stereocenters. The maximum atomic E-state index is 10.9. The van der Waals surface area contributed by atoms with Gasteiger partial charge in [0.15, 0.2) is 0 Å². The second-order valence-corrected chi connectivity index (χ2v) is 15.3. The van der Waals surface area contributed by atoms with E-state index < -0.39 is 5.60 Å². The summed E-state index contributed by atoms with van der Waals surface area (Å²) in [4.78, 5) is 0. The van der Waals surface area contributed by atoms with Crippen LogP contribution in [0.1, 0.15) is 120 Å². The minimum Gasteiger partial charge on any atom is -0.393 e. The van der Waals surface area contributed by atoms with E-state index in [1.54, 1.807) is 0 Å². The number of fused-ring (bicyclic) bond motifs is 5. The first-order valence-corrected chi connectivity index (χ1v) is 14.2. The monoisotopic (exact) mass is 460 g/mol. The normalized spacial score (nSPS) is 56.2. The van der Waals surface area contributed by atoms with Gasteiger partial charge in [-0.2, -0.15) is 0 Å². The van der Waals surface area contributed by atoms with Gasteiger partial charge in [-0.25, -0.2) is 0 Å². The molecular formula is C30H52O3. The van der Waals surface area contributed by atoms with E-state index >= 15 is 0 Å². The predicted octanol–water partition coefficient (Wildman–Crippen LogP) is 6.74. The molecule has 4 aliphatic carbocycles. The van der Waals surface area contributed by atoms with Gasteiger partial charge < -0.3 is 14.9 Å². The van der Waals surface area contributed by atoms with Crippen molar-refractivity contribution in [3.8, 4) is 0 Å². The van der Waals surface area contributed by atoms with Crippen molar-refractivity contribution in [2.75, 3.05) is 0 Å². The van der Waals surface area contributed by atoms with Crippen molar-refractivity contribution in [1.82, 2.24) is 0 Å². The summed E-state index contributed by atoms with van der Waals surface area (Å²) in [5.41, 5.74) is 0.277. The van der Waals surface area contributed by atoms with Crippen LogP contribution in [0, 0.1) is 45.3 Å². The molecule has 0 spiro atoms. The highest BCUT2D eigenvalue weighted by Crippen LogP contribution is 2.76. The van der Waals surface area contributed by atoms with Gasteiger partial charge in [0.2, 0.25) is 0 Å². The molecule has 5 fully saturated rings. The Morgan fingerprint density at radius 3 is 2.00 bits per heavy atom. The second kappa shape index (κ2) is 7.22. The first kappa shape index (κ1) is 24.6. The molecule has 0 amide bonds. The quantitative estimate of drug-likeness (QED) is 0.480. The van der Waals surface area contributed by atoms with Crippen LogP contribution >= 0.6 is 0 Å². The summed E-state index contributed by atoms with van der Waals surface area (Å²) >= 11 is 0. The minimum absolute atomic E-state index is 0.0293. The van der Waals surface area contributed by atoms with Crippen molar-refractivity contribution in [3.05, 3.63) is 0 Å². The van der Waals surface area contributed by atoms with E-state index in [1.807, 2.05) is 13.8 Å². The molecule has 1 heterocycles. The summed E-state index contributed by atoms with van der Waals surface area (Å²) < 4.78 is 6.73. The zero-order valence-electron chi connectivity index (χ0n) is 22.8. The van der Waals surface area contributed by atoms with Crippen LogP contribution in [-0.2, 0) is 4.74 Å². The molecule has 3 unspecified atom stereocenters. The summed E-state index contributed by atoms with van der Waals surface area (Å²) in [6.07, 6.45) is 11.9. The maximum Gasteiger partial charge on any atom is 0.0865 e. The fourth-order valence-electron chi connectivity index (χ4n) is 11.1. The van der Waals surface area contributed by atoms with Gasteiger partial charge in [-0.3, -0.25) is 0 Å². The lowest BCUT2D eigenvalue weighted by molar-refractivity contribution is -0.227. The molecule has 5 aliphatic rings. The lowest BCUT2D eigenvalue weighted by Gasteiger charge is -2.70. The van der Waals surface area contributed by atoms with Crippen molar-refractivity contribution in [2.24, 2.45) is 45.3 Å². The van der Waals surface area contributed by atoms with Crippen LogP contribution in [0.3, 0.4) is 0 Å². The Labute approximate surface area is 203 Å². The summed E-state index contributed by atoms with van der Waals surface area (Å²) in [6.45, 7) is 18.8. The van der Waals surface area contributed by atoms with Crippen molar-refractivity contribution in [1.29, 1.82) is 0 Å². The Morgan fingerprint density at radius 2 is 1.36 bits per heavy atom. The fourth-order valence-corrected chi connectivity index (χ4v) is 11.1. The van der Waals surface area contributed by atoms with Crippen LogP contribution in [0.4, 0.5) is 0 Å². The average Bonchev–Trinajstić information content (AvgIpc) is 3.27. The molecule has 0 aromatic carbocycles.